The van der Waals surface area contributed by atoms with E-state index in [4.69, 9.17) is 0 Å². The Bertz CT molecular complexity index is 860. The predicted octanol–water partition coefficient (Wildman–Crippen LogP) is 4.27. The van der Waals surface area contributed by atoms with Crippen LogP contribution in [0.2, 0.25) is 0 Å². The van der Waals surface area contributed by atoms with Gasteiger partial charge >= 0.3 is 0 Å². The van der Waals surface area contributed by atoms with E-state index >= 15 is 0 Å². The second-order valence-electron chi connectivity index (χ2n) is 8.53. The Morgan fingerprint density at radius 1 is 1.00 bits per heavy atom. The molecule has 0 aromatic heterocycles. The molecule has 0 unspecified atom stereocenters. The summed E-state index contributed by atoms with van der Waals surface area (Å²) < 4.78 is 13.1. The molecule has 2 fully saturated rings. The fourth-order valence-corrected chi connectivity index (χ4v) is 4.81. The molecule has 0 radical (unpaired) electrons. The summed E-state index contributed by atoms with van der Waals surface area (Å²) in [6, 6.07) is 17.0. The van der Waals surface area contributed by atoms with Gasteiger partial charge in [-0.1, -0.05) is 18.2 Å². The Balaban J connectivity index is 0.00000181. The number of carbonyl (C=O) groups is 1. The van der Waals surface area contributed by atoms with E-state index in [0.29, 0.717) is 6.67 Å². The van der Waals surface area contributed by atoms with Crippen molar-refractivity contribution >= 4 is 42.1 Å². The third-order valence-electron chi connectivity index (χ3n) is 6.60. The predicted molar refractivity (Wildman–Crippen MR) is 134 cm³/mol. The largest absolute Gasteiger partial charge is 0.375 e. The number of nitrogens with zero attached hydrogens (tertiary/aromatic N) is 4. The van der Waals surface area contributed by atoms with Crippen molar-refractivity contribution in [2.75, 3.05) is 56.7 Å². The van der Waals surface area contributed by atoms with Crippen molar-refractivity contribution in [3.8, 4) is 0 Å². The molecule has 1 amide bonds. The number of para-hydroxylation sites is 1. The highest BCUT2D eigenvalue weighted by molar-refractivity contribution is 5.93. The Morgan fingerprint density at radius 3 is 2.25 bits per heavy atom. The van der Waals surface area contributed by atoms with Gasteiger partial charge in [-0.3, -0.25) is 4.79 Å². The summed E-state index contributed by atoms with van der Waals surface area (Å²) in [6.07, 6.45) is 2.76. The number of anilines is 2. The SMILES string of the molecule is CN1CN(c2ccccc2)C2(CCN(CCCN(C)c3ccc(F)cc3)CC2)C1=O.Cl.Cl. The molecule has 0 bridgehead atoms. The molecule has 2 aromatic rings. The number of benzene rings is 2. The minimum atomic E-state index is -0.405. The smallest absolute Gasteiger partial charge is 0.249 e. The molecule has 1 spiro atoms. The maximum absolute atomic E-state index is 13.1. The molecule has 0 N–H and O–H groups in total. The fourth-order valence-electron chi connectivity index (χ4n) is 4.81. The minimum absolute atomic E-state index is 0. The maximum Gasteiger partial charge on any atom is 0.249 e. The molecule has 2 aromatic carbocycles. The molecule has 2 aliphatic rings. The normalized spacial score (nSPS) is 17.8. The van der Waals surface area contributed by atoms with Crippen molar-refractivity contribution in [1.29, 1.82) is 0 Å². The minimum Gasteiger partial charge on any atom is -0.375 e. The van der Waals surface area contributed by atoms with Gasteiger partial charge in [-0.05, 0) is 62.2 Å². The Morgan fingerprint density at radius 2 is 1.62 bits per heavy atom. The molecule has 0 saturated carbocycles. The van der Waals surface area contributed by atoms with E-state index in [-0.39, 0.29) is 36.5 Å². The van der Waals surface area contributed by atoms with Crippen LogP contribution in [-0.2, 0) is 4.79 Å². The van der Waals surface area contributed by atoms with Crippen molar-refractivity contribution in [3.63, 3.8) is 0 Å². The Kier molecular flexibility index (Phi) is 9.19. The number of likely N-dealkylation sites (N-methyl/N-ethyl adjacent to an activating group) is 1. The second-order valence-corrected chi connectivity index (χ2v) is 8.53. The van der Waals surface area contributed by atoms with Gasteiger partial charge in [0.2, 0.25) is 5.91 Å². The zero-order valence-corrected chi connectivity index (χ0v) is 20.4. The van der Waals surface area contributed by atoms with E-state index < -0.39 is 5.54 Å². The van der Waals surface area contributed by atoms with Crippen LogP contribution in [0.4, 0.5) is 15.8 Å². The molecule has 176 valence electrons. The summed E-state index contributed by atoms with van der Waals surface area (Å²) in [5.74, 6) is 0.0492. The van der Waals surface area contributed by atoms with Crippen molar-refractivity contribution in [2.24, 2.45) is 0 Å². The number of halogens is 3. The van der Waals surface area contributed by atoms with E-state index in [1.165, 1.54) is 12.1 Å². The summed E-state index contributed by atoms with van der Waals surface area (Å²) in [5.41, 5.74) is 1.76. The summed E-state index contributed by atoms with van der Waals surface area (Å²) in [6.45, 7) is 4.46. The summed E-state index contributed by atoms with van der Waals surface area (Å²) in [4.78, 5) is 21.9. The van der Waals surface area contributed by atoms with E-state index in [1.807, 2.05) is 49.3 Å². The number of amides is 1. The van der Waals surface area contributed by atoms with Crippen LogP contribution in [0.15, 0.2) is 54.6 Å². The number of hydrogen-bond donors (Lipinski definition) is 0. The van der Waals surface area contributed by atoms with Gasteiger partial charge in [-0.2, -0.15) is 0 Å². The first-order valence-electron chi connectivity index (χ1n) is 10.8. The topological polar surface area (TPSA) is 30.0 Å². The lowest BCUT2D eigenvalue weighted by Crippen LogP contribution is -2.56. The van der Waals surface area contributed by atoms with Gasteiger partial charge in [0.25, 0.3) is 0 Å². The second kappa shape index (κ2) is 11.2. The van der Waals surface area contributed by atoms with Crippen LogP contribution in [0.3, 0.4) is 0 Å². The van der Waals surface area contributed by atoms with Crippen LogP contribution in [0.25, 0.3) is 0 Å². The Hall–Kier alpha value is -2.02. The molecule has 5 nitrogen and oxygen atoms in total. The molecule has 2 saturated heterocycles. The van der Waals surface area contributed by atoms with Crippen LogP contribution >= 0.6 is 24.8 Å². The van der Waals surface area contributed by atoms with Crippen molar-refractivity contribution in [1.82, 2.24) is 9.80 Å². The van der Waals surface area contributed by atoms with Crippen LogP contribution in [0.1, 0.15) is 19.3 Å². The van der Waals surface area contributed by atoms with Crippen molar-refractivity contribution < 1.29 is 9.18 Å². The fraction of sp³-hybridized carbons (Fsp3) is 0.458. The standard InChI is InChI=1S/C24H31FN4O.2ClH/c1-26(21-11-9-20(25)10-12-21)15-6-16-28-17-13-24(14-18-28)23(30)27(2)19-29(24)22-7-4-3-5-8-22;;/h3-5,7-12H,6,13-19H2,1-2H3;2*1H. The van der Waals surface area contributed by atoms with Crippen LogP contribution < -0.4 is 9.80 Å². The van der Waals surface area contributed by atoms with Crippen LogP contribution in [0, 0.1) is 5.82 Å². The van der Waals surface area contributed by atoms with Crippen molar-refractivity contribution in [2.45, 2.75) is 24.8 Å². The van der Waals surface area contributed by atoms with Gasteiger partial charge < -0.3 is 19.6 Å². The zero-order valence-electron chi connectivity index (χ0n) is 18.7. The number of piperidine rings is 1. The van der Waals surface area contributed by atoms with E-state index in [0.717, 1.165) is 56.8 Å². The highest BCUT2D eigenvalue weighted by Gasteiger charge is 2.52. The lowest BCUT2D eigenvalue weighted by molar-refractivity contribution is -0.132. The Labute approximate surface area is 203 Å². The van der Waals surface area contributed by atoms with Crippen LogP contribution in [0.5, 0.6) is 0 Å². The number of likely N-dealkylation sites (tertiary alicyclic amines) is 1. The van der Waals surface area contributed by atoms with Gasteiger partial charge in [-0.15, -0.1) is 24.8 Å². The maximum atomic E-state index is 13.1. The molecule has 0 atom stereocenters. The van der Waals surface area contributed by atoms with Crippen LogP contribution in [-0.4, -0.2) is 68.2 Å². The quantitative estimate of drug-likeness (QED) is 0.614. The third-order valence-corrected chi connectivity index (χ3v) is 6.60. The van der Waals surface area contributed by atoms with Gasteiger partial charge in [0.15, 0.2) is 0 Å². The van der Waals surface area contributed by atoms with Gasteiger partial charge in [0.05, 0.1) is 6.67 Å². The monoisotopic (exact) mass is 482 g/mol. The van der Waals surface area contributed by atoms with E-state index in [9.17, 15) is 9.18 Å². The first-order chi connectivity index (χ1) is 14.5. The van der Waals surface area contributed by atoms with Gasteiger partial charge in [0.1, 0.15) is 11.4 Å². The lowest BCUT2D eigenvalue weighted by Gasteiger charge is -2.43. The van der Waals surface area contributed by atoms with E-state index in [1.54, 1.807) is 0 Å². The average molecular weight is 483 g/mol. The molecular weight excluding hydrogens is 450 g/mol. The highest BCUT2D eigenvalue weighted by atomic mass is 35.5. The summed E-state index contributed by atoms with van der Waals surface area (Å²) in [5, 5.41) is 0. The van der Waals surface area contributed by atoms with E-state index in [2.05, 4.69) is 26.8 Å². The number of carbonyl (C=O) groups excluding carboxylic acids is 1. The molecule has 2 aliphatic heterocycles. The first-order valence-corrected chi connectivity index (χ1v) is 10.8. The number of hydrogen-bond acceptors (Lipinski definition) is 4. The van der Waals surface area contributed by atoms with Gasteiger partial charge in [-0.25, -0.2) is 4.39 Å². The molecule has 8 heteroatoms. The first kappa shape index (κ1) is 26.2. The third kappa shape index (κ3) is 5.30. The highest BCUT2D eigenvalue weighted by Crippen LogP contribution is 2.38. The van der Waals surface area contributed by atoms with Crippen molar-refractivity contribution in [3.05, 3.63) is 60.4 Å². The number of rotatable bonds is 6. The average Bonchev–Trinajstić information content (AvgIpc) is 3.01. The zero-order chi connectivity index (χ0) is 21.1. The lowest BCUT2D eigenvalue weighted by atomic mass is 9.85. The molecule has 0 aliphatic carbocycles. The van der Waals surface area contributed by atoms with Gasteiger partial charge in [0, 0.05) is 45.1 Å². The summed E-state index contributed by atoms with van der Waals surface area (Å²) in [7, 11) is 3.95. The molecular formula is C24H33Cl2FN4O. The molecule has 32 heavy (non-hydrogen) atoms. The summed E-state index contributed by atoms with van der Waals surface area (Å²) >= 11 is 0. The molecule has 2 heterocycles. The molecule has 4 rings (SSSR count).